The van der Waals surface area contributed by atoms with Crippen LogP contribution in [0.3, 0.4) is 0 Å². The van der Waals surface area contributed by atoms with Crippen LogP contribution in [0.25, 0.3) is 0 Å². The number of ketones is 2. The maximum Gasteiger partial charge on any atom is 0.146 e. The lowest BCUT2D eigenvalue weighted by Crippen LogP contribution is -2.43. The monoisotopic (exact) mass is 180 g/mol. The van der Waals surface area contributed by atoms with Crippen molar-refractivity contribution < 1.29 is 9.59 Å². The molecule has 0 aromatic carbocycles. The van der Waals surface area contributed by atoms with Crippen LogP contribution < -0.4 is 0 Å². The second-order valence-electron chi connectivity index (χ2n) is 4.34. The highest BCUT2D eigenvalue weighted by Gasteiger charge is 2.46. The summed E-state index contributed by atoms with van der Waals surface area (Å²) in [5.74, 6) is 0.479. The van der Waals surface area contributed by atoms with Gasteiger partial charge in [0.25, 0.3) is 0 Å². The van der Waals surface area contributed by atoms with Gasteiger partial charge in [-0.3, -0.25) is 9.59 Å². The van der Waals surface area contributed by atoms with Gasteiger partial charge in [-0.1, -0.05) is 19.3 Å². The van der Waals surface area contributed by atoms with Crippen LogP contribution >= 0.6 is 0 Å². The molecule has 72 valence electrons. The zero-order valence-electron chi connectivity index (χ0n) is 7.97. The molecule has 0 aliphatic heterocycles. The number of carbonyl (C=O) groups is 2. The Morgan fingerprint density at radius 3 is 1.85 bits per heavy atom. The molecule has 2 fully saturated rings. The van der Waals surface area contributed by atoms with Gasteiger partial charge in [0.2, 0.25) is 0 Å². The highest BCUT2D eigenvalue weighted by atomic mass is 16.2. The van der Waals surface area contributed by atoms with E-state index >= 15 is 0 Å². The van der Waals surface area contributed by atoms with Crippen molar-refractivity contribution >= 4 is 11.6 Å². The zero-order chi connectivity index (χ0) is 9.31. The van der Waals surface area contributed by atoms with E-state index in [1.807, 2.05) is 0 Å². The first-order valence-electron chi connectivity index (χ1n) is 5.32. The van der Waals surface area contributed by atoms with E-state index in [-0.39, 0.29) is 11.6 Å². The summed E-state index contributed by atoms with van der Waals surface area (Å²) in [6.07, 6.45) is 7.09. The molecule has 2 rings (SSSR count). The third-order valence-electron chi connectivity index (χ3n) is 3.58. The van der Waals surface area contributed by atoms with Crippen molar-refractivity contribution in [2.45, 2.75) is 51.4 Å². The molecule has 0 unspecified atom stereocenters. The first-order chi connectivity index (χ1) is 6.26. The van der Waals surface area contributed by atoms with E-state index in [0.29, 0.717) is 12.8 Å². The predicted octanol–water partition coefficient (Wildman–Crippen LogP) is 2.26. The van der Waals surface area contributed by atoms with Gasteiger partial charge in [-0.25, -0.2) is 0 Å². The molecule has 1 spiro atoms. The molecule has 0 bridgehead atoms. The highest BCUT2D eigenvalue weighted by Crippen LogP contribution is 2.42. The normalized spacial score (nSPS) is 28.0. The fraction of sp³-hybridized carbons (Fsp3) is 0.818. The highest BCUT2D eigenvalue weighted by molar-refractivity contribution is 6.08. The van der Waals surface area contributed by atoms with Crippen LogP contribution in [0.1, 0.15) is 51.4 Å². The van der Waals surface area contributed by atoms with Gasteiger partial charge in [0, 0.05) is 12.8 Å². The summed E-state index contributed by atoms with van der Waals surface area (Å²) in [4.78, 5) is 23.5. The van der Waals surface area contributed by atoms with E-state index in [4.69, 9.17) is 0 Å². The third kappa shape index (κ3) is 1.32. The molecule has 0 heterocycles. The smallest absolute Gasteiger partial charge is 0.146 e. The van der Waals surface area contributed by atoms with Crippen LogP contribution in [0.4, 0.5) is 0 Å². The maximum atomic E-state index is 11.8. The molecule has 2 saturated carbocycles. The lowest BCUT2D eigenvalue weighted by molar-refractivity contribution is -0.146. The molecular weight excluding hydrogens is 164 g/mol. The van der Waals surface area contributed by atoms with Gasteiger partial charge in [-0.15, -0.1) is 0 Å². The van der Waals surface area contributed by atoms with Gasteiger partial charge in [0.1, 0.15) is 11.6 Å². The quantitative estimate of drug-likeness (QED) is 0.536. The molecule has 0 saturated heterocycles. The van der Waals surface area contributed by atoms with Crippen molar-refractivity contribution in [3.63, 3.8) is 0 Å². The second kappa shape index (κ2) is 3.24. The van der Waals surface area contributed by atoms with Crippen molar-refractivity contribution in [1.29, 1.82) is 0 Å². The Hall–Kier alpha value is -0.660. The van der Waals surface area contributed by atoms with Crippen LogP contribution in [0.15, 0.2) is 0 Å². The minimum absolute atomic E-state index is 0.239. The molecule has 0 atom stereocenters. The Balaban J connectivity index is 2.23. The molecule has 2 aliphatic rings. The minimum Gasteiger partial charge on any atom is -0.299 e. The van der Waals surface area contributed by atoms with Gasteiger partial charge in [-0.2, -0.15) is 0 Å². The number of carbonyl (C=O) groups excluding carboxylic acids is 2. The first kappa shape index (κ1) is 8.92. The van der Waals surface area contributed by atoms with Gasteiger partial charge in [0.05, 0.1) is 5.41 Å². The second-order valence-corrected chi connectivity index (χ2v) is 4.34. The van der Waals surface area contributed by atoms with Crippen LogP contribution in [-0.4, -0.2) is 11.6 Å². The third-order valence-corrected chi connectivity index (χ3v) is 3.58. The molecule has 2 aliphatic carbocycles. The molecule has 2 nitrogen and oxygen atoms in total. The first-order valence-corrected chi connectivity index (χ1v) is 5.32. The summed E-state index contributed by atoms with van der Waals surface area (Å²) in [6, 6.07) is 0. The molecule has 0 N–H and O–H groups in total. The summed E-state index contributed by atoms with van der Waals surface area (Å²) in [5, 5.41) is 0. The van der Waals surface area contributed by atoms with Gasteiger partial charge >= 0.3 is 0 Å². The molecule has 2 heteroatoms. The average Bonchev–Trinajstić information content (AvgIpc) is 2.16. The fourth-order valence-electron chi connectivity index (χ4n) is 2.76. The number of rotatable bonds is 0. The zero-order valence-corrected chi connectivity index (χ0v) is 7.97. The lowest BCUT2D eigenvalue weighted by Gasteiger charge is -2.37. The average molecular weight is 180 g/mol. The number of Topliss-reactive ketones (excluding diaryl/α,β-unsaturated/α-hetero) is 2. The topological polar surface area (TPSA) is 34.1 Å². The van der Waals surface area contributed by atoms with Crippen molar-refractivity contribution in [3.8, 4) is 0 Å². The van der Waals surface area contributed by atoms with E-state index in [2.05, 4.69) is 0 Å². The van der Waals surface area contributed by atoms with Crippen molar-refractivity contribution in [2.24, 2.45) is 5.41 Å². The summed E-state index contributed by atoms with van der Waals surface area (Å²) >= 11 is 0. The van der Waals surface area contributed by atoms with Crippen molar-refractivity contribution in [1.82, 2.24) is 0 Å². The SMILES string of the molecule is O=C1CCCC(=O)C12CCCCC2. The van der Waals surface area contributed by atoms with E-state index < -0.39 is 5.41 Å². The predicted molar refractivity (Wildman–Crippen MR) is 49.4 cm³/mol. The largest absolute Gasteiger partial charge is 0.299 e. The summed E-state index contributed by atoms with van der Waals surface area (Å²) in [6.45, 7) is 0. The molecule has 0 amide bonds. The van der Waals surface area contributed by atoms with Gasteiger partial charge in [0.15, 0.2) is 0 Å². The van der Waals surface area contributed by atoms with Gasteiger partial charge in [-0.05, 0) is 19.3 Å². The van der Waals surface area contributed by atoms with E-state index in [1.165, 1.54) is 6.42 Å². The van der Waals surface area contributed by atoms with E-state index in [0.717, 1.165) is 32.1 Å². The minimum atomic E-state index is -0.503. The van der Waals surface area contributed by atoms with Crippen LogP contribution in [-0.2, 0) is 9.59 Å². The van der Waals surface area contributed by atoms with Crippen LogP contribution in [0.2, 0.25) is 0 Å². The Morgan fingerprint density at radius 1 is 0.769 bits per heavy atom. The summed E-state index contributed by atoms with van der Waals surface area (Å²) in [5.41, 5.74) is -0.503. The Kier molecular flexibility index (Phi) is 2.22. The standard InChI is InChI=1S/C11H16O2/c12-9-5-4-6-10(13)11(9)7-2-1-3-8-11/h1-8H2. The summed E-state index contributed by atoms with van der Waals surface area (Å²) < 4.78 is 0. The molecular formula is C11H16O2. The fourth-order valence-corrected chi connectivity index (χ4v) is 2.76. The van der Waals surface area contributed by atoms with Crippen LogP contribution in [0.5, 0.6) is 0 Å². The Bertz CT molecular complexity index is 218. The Labute approximate surface area is 78.7 Å². The van der Waals surface area contributed by atoms with Gasteiger partial charge < -0.3 is 0 Å². The van der Waals surface area contributed by atoms with Crippen molar-refractivity contribution in [3.05, 3.63) is 0 Å². The summed E-state index contributed by atoms with van der Waals surface area (Å²) in [7, 11) is 0. The molecule has 13 heavy (non-hydrogen) atoms. The lowest BCUT2D eigenvalue weighted by atomic mass is 9.64. The number of hydrogen-bond acceptors (Lipinski definition) is 2. The number of hydrogen-bond donors (Lipinski definition) is 0. The van der Waals surface area contributed by atoms with E-state index in [9.17, 15) is 9.59 Å². The Morgan fingerprint density at radius 2 is 1.31 bits per heavy atom. The molecule has 0 aromatic heterocycles. The molecule has 0 radical (unpaired) electrons. The van der Waals surface area contributed by atoms with Crippen LogP contribution in [0, 0.1) is 5.41 Å². The van der Waals surface area contributed by atoms with E-state index in [1.54, 1.807) is 0 Å². The molecule has 0 aromatic rings. The maximum absolute atomic E-state index is 11.8. The van der Waals surface area contributed by atoms with Crippen molar-refractivity contribution in [2.75, 3.05) is 0 Å².